The fraction of sp³-hybridized carbons (Fsp3) is 0.429. The van der Waals surface area contributed by atoms with Crippen LogP contribution >= 0.6 is 12.4 Å². The van der Waals surface area contributed by atoms with E-state index in [9.17, 15) is 9.59 Å². The highest BCUT2D eigenvalue weighted by Crippen LogP contribution is 2.24. The fourth-order valence-corrected chi connectivity index (χ4v) is 1.95. The van der Waals surface area contributed by atoms with Crippen molar-refractivity contribution in [3.05, 3.63) is 29.8 Å². The number of Topliss-reactive ketones (excluding diaryl/α,β-unsaturated/α-hetero) is 1. The lowest BCUT2D eigenvalue weighted by molar-refractivity contribution is -0.146. The Morgan fingerprint density at radius 1 is 1.42 bits per heavy atom. The number of carbonyl (C=O) groups excluding carboxylic acids is 2. The van der Waals surface area contributed by atoms with Crippen LogP contribution in [0.3, 0.4) is 0 Å². The van der Waals surface area contributed by atoms with Gasteiger partial charge in [-0.05, 0) is 18.6 Å². The standard InChI is InChI=1S/C14H17NO3.ClH/c1-2-3-8-18-14(17)11-9-15-12-7-5-4-6-10(12)13(11)16;/h4-7,11,15H,2-3,8-9H2,1H3;1H. The first-order valence-electron chi connectivity index (χ1n) is 6.27. The molecule has 1 aromatic rings. The van der Waals surface area contributed by atoms with E-state index in [-0.39, 0.29) is 18.2 Å². The van der Waals surface area contributed by atoms with Crippen LogP contribution in [-0.2, 0) is 9.53 Å². The minimum Gasteiger partial charge on any atom is -0.465 e. The largest absolute Gasteiger partial charge is 0.465 e. The molecular weight excluding hydrogens is 266 g/mol. The average Bonchev–Trinajstić information content (AvgIpc) is 2.39. The zero-order valence-electron chi connectivity index (χ0n) is 10.8. The number of esters is 1. The van der Waals surface area contributed by atoms with Crippen molar-refractivity contribution >= 4 is 29.8 Å². The van der Waals surface area contributed by atoms with Gasteiger partial charge >= 0.3 is 5.97 Å². The lowest BCUT2D eigenvalue weighted by Crippen LogP contribution is -2.36. The van der Waals surface area contributed by atoms with Crippen LogP contribution in [-0.4, -0.2) is 24.9 Å². The highest BCUT2D eigenvalue weighted by atomic mass is 35.5. The molecule has 0 saturated carbocycles. The number of halogens is 1. The molecule has 0 amide bonds. The summed E-state index contributed by atoms with van der Waals surface area (Å²) in [5.74, 6) is -1.28. The maximum absolute atomic E-state index is 12.2. The Morgan fingerprint density at radius 3 is 2.89 bits per heavy atom. The lowest BCUT2D eigenvalue weighted by atomic mass is 9.92. The van der Waals surface area contributed by atoms with Gasteiger partial charge in [0.15, 0.2) is 5.78 Å². The quantitative estimate of drug-likeness (QED) is 0.524. The third kappa shape index (κ3) is 3.47. The Hall–Kier alpha value is -1.55. The maximum Gasteiger partial charge on any atom is 0.318 e. The van der Waals surface area contributed by atoms with Crippen LogP contribution < -0.4 is 5.32 Å². The van der Waals surface area contributed by atoms with Gasteiger partial charge in [-0.2, -0.15) is 0 Å². The predicted molar refractivity (Wildman–Crippen MR) is 75.9 cm³/mol. The van der Waals surface area contributed by atoms with E-state index in [4.69, 9.17) is 4.74 Å². The first kappa shape index (κ1) is 15.5. The van der Waals surface area contributed by atoms with Gasteiger partial charge in [0.2, 0.25) is 0 Å². The number of rotatable bonds is 4. The summed E-state index contributed by atoms with van der Waals surface area (Å²) in [7, 11) is 0. The van der Waals surface area contributed by atoms with Crippen molar-refractivity contribution < 1.29 is 14.3 Å². The number of para-hydroxylation sites is 1. The van der Waals surface area contributed by atoms with Crippen molar-refractivity contribution in [2.75, 3.05) is 18.5 Å². The fourth-order valence-electron chi connectivity index (χ4n) is 1.95. The Labute approximate surface area is 118 Å². The summed E-state index contributed by atoms with van der Waals surface area (Å²) < 4.78 is 5.11. The van der Waals surface area contributed by atoms with E-state index in [0.29, 0.717) is 18.7 Å². The topological polar surface area (TPSA) is 55.4 Å². The number of benzene rings is 1. The van der Waals surface area contributed by atoms with E-state index in [1.807, 2.05) is 19.1 Å². The van der Waals surface area contributed by atoms with Crippen molar-refractivity contribution in [3.63, 3.8) is 0 Å². The van der Waals surface area contributed by atoms with Crippen molar-refractivity contribution in [3.8, 4) is 0 Å². The lowest BCUT2D eigenvalue weighted by Gasteiger charge is -2.23. The summed E-state index contributed by atoms with van der Waals surface area (Å²) in [6.07, 6.45) is 1.80. The number of hydrogen-bond acceptors (Lipinski definition) is 4. The Balaban J connectivity index is 0.00000180. The van der Waals surface area contributed by atoms with Gasteiger partial charge in [-0.25, -0.2) is 0 Å². The minimum absolute atomic E-state index is 0. The smallest absolute Gasteiger partial charge is 0.318 e. The van der Waals surface area contributed by atoms with Crippen molar-refractivity contribution in [1.82, 2.24) is 0 Å². The summed E-state index contributed by atoms with van der Waals surface area (Å²) in [4.78, 5) is 24.0. The normalized spacial score (nSPS) is 16.9. The second-order valence-corrected chi connectivity index (χ2v) is 4.36. The third-order valence-electron chi connectivity index (χ3n) is 3.03. The molecule has 1 heterocycles. The summed E-state index contributed by atoms with van der Waals surface area (Å²) in [5, 5.41) is 3.09. The zero-order valence-corrected chi connectivity index (χ0v) is 11.7. The highest BCUT2D eigenvalue weighted by molar-refractivity contribution is 6.13. The monoisotopic (exact) mass is 283 g/mol. The zero-order chi connectivity index (χ0) is 13.0. The second-order valence-electron chi connectivity index (χ2n) is 4.36. The molecule has 0 aromatic heterocycles. The van der Waals surface area contributed by atoms with E-state index in [1.165, 1.54) is 0 Å². The molecule has 2 rings (SSSR count). The van der Waals surface area contributed by atoms with Gasteiger partial charge in [-0.3, -0.25) is 9.59 Å². The number of fused-ring (bicyclic) bond motifs is 1. The Bertz CT molecular complexity index is 462. The van der Waals surface area contributed by atoms with E-state index >= 15 is 0 Å². The summed E-state index contributed by atoms with van der Waals surface area (Å²) in [6, 6.07) is 7.23. The molecule has 1 aliphatic heterocycles. The van der Waals surface area contributed by atoms with Crippen molar-refractivity contribution in [2.24, 2.45) is 5.92 Å². The van der Waals surface area contributed by atoms with Crippen LogP contribution in [0.4, 0.5) is 5.69 Å². The molecule has 104 valence electrons. The van der Waals surface area contributed by atoms with E-state index in [1.54, 1.807) is 12.1 Å². The number of ketones is 1. The molecule has 1 aromatic carbocycles. The van der Waals surface area contributed by atoms with E-state index < -0.39 is 11.9 Å². The van der Waals surface area contributed by atoms with E-state index in [0.717, 1.165) is 18.5 Å². The molecule has 1 unspecified atom stereocenters. The molecule has 0 fully saturated rings. The highest BCUT2D eigenvalue weighted by Gasteiger charge is 2.33. The van der Waals surface area contributed by atoms with Crippen LogP contribution in [0.2, 0.25) is 0 Å². The average molecular weight is 284 g/mol. The van der Waals surface area contributed by atoms with Gasteiger partial charge in [0.05, 0.1) is 6.61 Å². The third-order valence-corrected chi connectivity index (χ3v) is 3.03. The molecule has 0 spiro atoms. The SMILES string of the molecule is CCCCOC(=O)C1CNc2ccccc2C1=O.Cl. The van der Waals surface area contributed by atoms with Crippen LogP contribution in [0.25, 0.3) is 0 Å². The van der Waals surface area contributed by atoms with Crippen LogP contribution in [0.15, 0.2) is 24.3 Å². The molecule has 0 radical (unpaired) electrons. The molecule has 5 heteroatoms. The first-order chi connectivity index (χ1) is 8.74. The van der Waals surface area contributed by atoms with Crippen LogP contribution in [0.1, 0.15) is 30.1 Å². The Morgan fingerprint density at radius 2 is 2.16 bits per heavy atom. The van der Waals surface area contributed by atoms with Gasteiger partial charge in [0, 0.05) is 17.8 Å². The van der Waals surface area contributed by atoms with Gasteiger partial charge in [-0.15, -0.1) is 12.4 Å². The molecule has 1 aliphatic rings. The molecule has 1 N–H and O–H groups in total. The Kier molecular flexibility index (Phi) is 5.83. The number of hydrogen-bond donors (Lipinski definition) is 1. The molecule has 0 bridgehead atoms. The van der Waals surface area contributed by atoms with Crippen molar-refractivity contribution in [2.45, 2.75) is 19.8 Å². The van der Waals surface area contributed by atoms with Gasteiger partial charge in [0.25, 0.3) is 0 Å². The molecule has 0 aliphatic carbocycles. The van der Waals surface area contributed by atoms with Crippen LogP contribution in [0.5, 0.6) is 0 Å². The van der Waals surface area contributed by atoms with Crippen molar-refractivity contribution in [1.29, 1.82) is 0 Å². The summed E-state index contributed by atoms with van der Waals surface area (Å²) in [5.41, 5.74) is 1.36. The number of carbonyl (C=O) groups is 2. The predicted octanol–water partition coefficient (Wildman–Crippen LogP) is 2.68. The maximum atomic E-state index is 12.2. The second kappa shape index (κ2) is 7.14. The first-order valence-corrected chi connectivity index (χ1v) is 6.27. The summed E-state index contributed by atoms with van der Waals surface area (Å²) >= 11 is 0. The van der Waals surface area contributed by atoms with Crippen LogP contribution in [0, 0.1) is 5.92 Å². The van der Waals surface area contributed by atoms with Gasteiger partial charge in [0.1, 0.15) is 5.92 Å². The van der Waals surface area contributed by atoms with E-state index in [2.05, 4.69) is 5.32 Å². The number of anilines is 1. The summed E-state index contributed by atoms with van der Waals surface area (Å²) in [6.45, 7) is 2.74. The van der Waals surface area contributed by atoms with Gasteiger partial charge < -0.3 is 10.1 Å². The number of nitrogens with one attached hydrogen (secondary N) is 1. The number of ether oxygens (including phenoxy) is 1. The number of unbranched alkanes of at least 4 members (excludes halogenated alkanes) is 1. The molecular formula is C14H18ClNO3. The molecule has 0 saturated heterocycles. The molecule has 1 atom stereocenters. The molecule has 4 nitrogen and oxygen atoms in total. The molecule has 19 heavy (non-hydrogen) atoms. The van der Waals surface area contributed by atoms with Gasteiger partial charge in [-0.1, -0.05) is 25.5 Å². The minimum atomic E-state index is -0.711.